The van der Waals surface area contributed by atoms with Crippen LogP contribution in [0.2, 0.25) is 0 Å². The molecule has 2 aliphatic rings. The zero-order chi connectivity index (χ0) is 20.6. The van der Waals surface area contributed by atoms with E-state index in [-0.39, 0.29) is 11.5 Å². The number of methoxy groups -OCH3 is 1. The molecule has 0 aromatic carbocycles. The lowest BCUT2D eigenvalue weighted by Gasteiger charge is -2.35. The van der Waals surface area contributed by atoms with Gasteiger partial charge in [0.2, 0.25) is 0 Å². The van der Waals surface area contributed by atoms with Crippen molar-refractivity contribution in [2.45, 2.75) is 19.9 Å². The molecule has 8 heteroatoms. The van der Waals surface area contributed by atoms with Gasteiger partial charge in [-0.1, -0.05) is 0 Å². The van der Waals surface area contributed by atoms with Crippen molar-refractivity contribution in [2.24, 2.45) is 0 Å². The minimum Gasteiger partial charge on any atom is -0.385 e. The Morgan fingerprint density at radius 1 is 1.03 bits per heavy atom. The van der Waals surface area contributed by atoms with Crippen LogP contribution in [0.4, 0.5) is 0 Å². The molecule has 1 aromatic heterocycles. The van der Waals surface area contributed by atoms with Crippen LogP contribution < -0.4 is 5.56 Å². The maximum absolute atomic E-state index is 13.1. The van der Waals surface area contributed by atoms with Crippen LogP contribution in [-0.4, -0.2) is 104 Å². The van der Waals surface area contributed by atoms with Crippen LogP contribution in [0.1, 0.15) is 22.3 Å². The van der Waals surface area contributed by atoms with E-state index >= 15 is 0 Å². The summed E-state index contributed by atoms with van der Waals surface area (Å²) in [5.74, 6) is -0.134. The second-order valence-corrected chi connectivity index (χ2v) is 7.81. The third kappa shape index (κ3) is 5.88. The number of morpholine rings is 1. The van der Waals surface area contributed by atoms with Crippen LogP contribution in [-0.2, 0) is 16.0 Å². The zero-order valence-electron chi connectivity index (χ0n) is 17.8. The van der Waals surface area contributed by atoms with E-state index in [2.05, 4.69) is 9.80 Å². The quantitative estimate of drug-likeness (QED) is 0.578. The van der Waals surface area contributed by atoms with Crippen molar-refractivity contribution in [1.82, 2.24) is 19.3 Å². The monoisotopic (exact) mass is 406 g/mol. The highest BCUT2D eigenvalue weighted by molar-refractivity contribution is 5.95. The summed E-state index contributed by atoms with van der Waals surface area (Å²) in [5, 5.41) is 0. The van der Waals surface area contributed by atoms with Crippen LogP contribution in [0.3, 0.4) is 0 Å². The summed E-state index contributed by atoms with van der Waals surface area (Å²) in [5.41, 5.74) is 0.901. The summed E-state index contributed by atoms with van der Waals surface area (Å²) in [6.45, 7) is 11.2. The van der Waals surface area contributed by atoms with Gasteiger partial charge in [0.15, 0.2) is 0 Å². The lowest BCUT2D eigenvalue weighted by molar-refractivity contribution is 0.0362. The molecule has 1 amide bonds. The lowest BCUT2D eigenvalue weighted by Crippen LogP contribution is -2.50. The summed E-state index contributed by atoms with van der Waals surface area (Å²) in [7, 11) is 1.71. The van der Waals surface area contributed by atoms with Crippen molar-refractivity contribution in [3.63, 3.8) is 0 Å². The fourth-order valence-electron chi connectivity index (χ4n) is 3.94. The van der Waals surface area contributed by atoms with E-state index in [9.17, 15) is 9.59 Å². The summed E-state index contributed by atoms with van der Waals surface area (Å²) in [4.78, 5) is 32.6. The molecule has 0 spiro atoms. The number of piperazine rings is 1. The molecule has 3 heterocycles. The Labute approximate surface area is 173 Å². The SMILES string of the molecule is COCCCN1CCN(C(=O)c2c(C)ccn(CCN3CCOCC3)c2=O)CC1. The zero-order valence-corrected chi connectivity index (χ0v) is 17.8. The molecule has 29 heavy (non-hydrogen) atoms. The van der Waals surface area contributed by atoms with Crippen molar-refractivity contribution < 1.29 is 14.3 Å². The second kappa shape index (κ2) is 10.9. The van der Waals surface area contributed by atoms with Gasteiger partial charge in [0, 0.05) is 78.8 Å². The van der Waals surface area contributed by atoms with Crippen molar-refractivity contribution in [2.75, 3.05) is 79.3 Å². The third-order valence-corrected chi connectivity index (χ3v) is 5.83. The maximum Gasteiger partial charge on any atom is 0.263 e. The van der Waals surface area contributed by atoms with Crippen LogP contribution >= 0.6 is 0 Å². The highest BCUT2D eigenvalue weighted by Crippen LogP contribution is 2.10. The van der Waals surface area contributed by atoms with E-state index in [1.807, 2.05) is 24.1 Å². The first-order valence-corrected chi connectivity index (χ1v) is 10.6. The normalized spacial score (nSPS) is 18.9. The van der Waals surface area contributed by atoms with Gasteiger partial charge in [-0.05, 0) is 25.0 Å². The Morgan fingerprint density at radius 2 is 1.72 bits per heavy atom. The molecule has 0 N–H and O–H groups in total. The molecule has 0 saturated carbocycles. The number of hydrogen-bond acceptors (Lipinski definition) is 6. The van der Waals surface area contributed by atoms with Gasteiger partial charge in [-0.3, -0.25) is 19.4 Å². The highest BCUT2D eigenvalue weighted by Gasteiger charge is 2.25. The average Bonchev–Trinajstić information content (AvgIpc) is 2.74. The Balaban J connectivity index is 1.60. The Hall–Kier alpha value is -1.74. The molecular formula is C21H34N4O4. The number of amides is 1. The number of aryl methyl sites for hydroxylation is 1. The molecule has 0 atom stereocenters. The summed E-state index contributed by atoms with van der Waals surface area (Å²) < 4.78 is 12.2. The van der Waals surface area contributed by atoms with E-state index in [1.165, 1.54) is 0 Å². The highest BCUT2D eigenvalue weighted by atomic mass is 16.5. The topological polar surface area (TPSA) is 67.2 Å². The average molecular weight is 407 g/mol. The fraction of sp³-hybridized carbons (Fsp3) is 0.714. The standard InChI is InChI=1S/C21H34N4O4/c1-18-4-6-24(10-9-23-13-16-29-17-14-23)20(26)19(18)21(27)25-11-7-22(8-12-25)5-3-15-28-2/h4,6H,3,5,7-17H2,1-2H3. The molecule has 162 valence electrons. The van der Waals surface area contributed by atoms with Crippen molar-refractivity contribution >= 4 is 5.91 Å². The molecule has 8 nitrogen and oxygen atoms in total. The van der Waals surface area contributed by atoms with Gasteiger partial charge in [0.1, 0.15) is 5.56 Å². The number of ether oxygens (including phenoxy) is 2. The van der Waals surface area contributed by atoms with Crippen LogP contribution in [0.25, 0.3) is 0 Å². The van der Waals surface area contributed by atoms with Gasteiger partial charge < -0.3 is 18.9 Å². The Morgan fingerprint density at radius 3 is 2.41 bits per heavy atom. The summed E-state index contributed by atoms with van der Waals surface area (Å²) in [6.07, 6.45) is 2.80. The number of pyridine rings is 1. The van der Waals surface area contributed by atoms with E-state index < -0.39 is 0 Å². The van der Waals surface area contributed by atoms with Gasteiger partial charge in [-0.25, -0.2) is 0 Å². The molecule has 2 fully saturated rings. The molecular weight excluding hydrogens is 372 g/mol. The van der Waals surface area contributed by atoms with E-state index in [4.69, 9.17) is 9.47 Å². The van der Waals surface area contributed by atoms with Gasteiger partial charge in [-0.2, -0.15) is 0 Å². The second-order valence-electron chi connectivity index (χ2n) is 7.81. The molecule has 3 rings (SSSR count). The lowest BCUT2D eigenvalue weighted by atomic mass is 10.1. The van der Waals surface area contributed by atoms with Crippen LogP contribution in [0.5, 0.6) is 0 Å². The van der Waals surface area contributed by atoms with Crippen molar-refractivity contribution in [1.29, 1.82) is 0 Å². The third-order valence-electron chi connectivity index (χ3n) is 5.83. The Kier molecular flexibility index (Phi) is 8.23. The van der Waals surface area contributed by atoms with Crippen molar-refractivity contribution in [3.05, 3.63) is 33.7 Å². The number of aromatic nitrogens is 1. The summed E-state index contributed by atoms with van der Waals surface area (Å²) >= 11 is 0. The van der Waals surface area contributed by atoms with Crippen molar-refractivity contribution in [3.8, 4) is 0 Å². The largest absolute Gasteiger partial charge is 0.385 e. The number of hydrogen-bond donors (Lipinski definition) is 0. The van der Waals surface area contributed by atoms with Gasteiger partial charge in [0.25, 0.3) is 11.5 Å². The molecule has 0 aliphatic carbocycles. The van der Waals surface area contributed by atoms with E-state index in [0.29, 0.717) is 25.2 Å². The molecule has 2 saturated heterocycles. The molecule has 0 unspecified atom stereocenters. The minimum atomic E-state index is -0.175. The first-order valence-electron chi connectivity index (χ1n) is 10.6. The first-order chi connectivity index (χ1) is 14.1. The molecule has 1 aromatic rings. The minimum absolute atomic E-state index is 0.134. The maximum atomic E-state index is 13.1. The van der Waals surface area contributed by atoms with Gasteiger partial charge in [-0.15, -0.1) is 0 Å². The predicted molar refractivity (Wildman–Crippen MR) is 112 cm³/mol. The van der Waals surface area contributed by atoms with E-state index in [1.54, 1.807) is 11.7 Å². The predicted octanol–water partition coefficient (Wildman–Crippen LogP) is 0.283. The van der Waals surface area contributed by atoms with Gasteiger partial charge >= 0.3 is 0 Å². The smallest absolute Gasteiger partial charge is 0.263 e. The fourth-order valence-corrected chi connectivity index (χ4v) is 3.94. The molecule has 0 radical (unpaired) electrons. The summed E-state index contributed by atoms with van der Waals surface area (Å²) in [6, 6.07) is 1.88. The number of nitrogens with zero attached hydrogens (tertiary/aromatic N) is 4. The van der Waals surface area contributed by atoms with Crippen LogP contribution in [0, 0.1) is 6.92 Å². The number of carbonyl (C=O) groups excluding carboxylic acids is 1. The van der Waals surface area contributed by atoms with Gasteiger partial charge in [0.05, 0.1) is 13.2 Å². The molecule has 0 bridgehead atoms. The number of carbonyl (C=O) groups is 1. The first kappa shape index (κ1) is 22.0. The molecule has 2 aliphatic heterocycles. The number of rotatable bonds is 8. The van der Waals surface area contributed by atoms with Crippen LogP contribution in [0.15, 0.2) is 17.1 Å². The Bertz CT molecular complexity index is 722. The van der Waals surface area contributed by atoms with E-state index in [0.717, 1.165) is 71.1 Å².